The van der Waals surface area contributed by atoms with E-state index in [1.54, 1.807) is 0 Å². The van der Waals surface area contributed by atoms with E-state index in [1.807, 2.05) is 0 Å². The summed E-state index contributed by atoms with van der Waals surface area (Å²) < 4.78 is 80.6. The molecule has 0 amide bonds. The minimum absolute atomic E-state index is 0.00440. The lowest BCUT2D eigenvalue weighted by molar-refractivity contribution is 0.346. The highest BCUT2D eigenvalue weighted by Crippen LogP contribution is 2.25. The molecule has 1 heterocycles. The molecular formula is C17H18F2N2O4S2. The van der Waals surface area contributed by atoms with Gasteiger partial charge in [0.1, 0.15) is 11.6 Å². The van der Waals surface area contributed by atoms with Gasteiger partial charge >= 0.3 is 0 Å². The van der Waals surface area contributed by atoms with E-state index in [2.05, 4.69) is 4.72 Å². The van der Waals surface area contributed by atoms with E-state index in [1.165, 1.54) is 28.6 Å². The quantitative estimate of drug-likeness (QED) is 0.812. The van der Waals surface area contributed by atoms with Crippen LogP contribution in [0, 0.1) is 11.6 Å². The molecule has 0 atom stereocenters. The van der Waals surface area contributed by atoms with Crippen molar-refractivity contribution in [2.75, 3.05) is 17.8 Å². The van der Waals surface area contributed by atoms with Gasteiger partial charge in [-0.2, -0.15) is 4.31 Å². The Bertz CT molecular complexity index is 1010. The van der Waals surface area contributed by atoms with Crippen LogP contribution in [0.1, 0.15) is 19.3 Å². The molecule has 1 fully saturated rings. The van der Waals surface area contributed by atoms with Crippen LogP contribution in [0.4, 0.5) is 14.5 Å². The SMILES string of the molecule is O=S(=O)(Nc1ccc(S(=O)(=O)N2CCCCC2)cc1)c1c(F)cccc1F. The number of nitrogens with one attached hydrogen (secondary N) is 1. The van der Waals surface area contributed by atoms with Crippen molar-refractivity contribution < 1.29 is 25.6 Å². The maximum Gasteiger partial charge on any atom is 0.267 e. The van der Waals surface area contributed by atoms with E-state index in [0.717, 1.165) is 37.5 Å². The second kappa shape index (κ2) is 7.53. The fraction of sp³-hybridized carbons (Fsp3) is 0.294. The summed E-state index contributed by atoms with van der Waals surface area (Å²) in [7, 11) is -8.16. The Labute approximate surface area is 156 Å². The molecule has 1 aliphatic heterocycles. The number of piperidine rings is 1. The van der Waals surface area contributed by atoms with Crippen LogP contribution in [0.5, 0.6) is 0 Å². The average Bonchev–Trinajstić information content (AvgIpc) is 2.62. The molecule has 1 N–H and O–H groups in total. The third kappa shape index (κ3) is 4.12. The van der Waals surface area contributed by atoms with Crippen molar-refractivity contribution in [3.8, 4) is 0 Å². The second-order valence-corrected chi connectivity index (χ2v) is 9.70. The summed E-state index contributed by atoms with van der Waals surface area (Å²) in [6.07, 6.45) is 2.58. The zero-order valence-electron chi connectivity index (χ0n) is 14.2. The Morgan fingerprint density at radius 3 is 1.93 bits per heavy atom. The predicted molar refractivity (Wildman–Crippen MR) is 96.2 cm³/mol. The van der Waals surface area contributed by atoms with Gasteiger partial charge < -0.3 is 0 Å². The van der Waals surface area contributed by atoms with E-state index in [-0.39, 0.29) is 10.6 Å². The van der Waals surface area contributed by atoms with Crippen LogP contribution in [0.25, 0.3) is 0 Å². The van der Waals surface area contributed by atoms with Crippen molar-refractivity contribution in [1.29, 1.82) is 0 Å². The maximum absolute atomic E-state index is 13.7. The van der Waals surface area contributed by atoms with Crippen LogP contribution in [-0.4, -0.2) is 34.2 Å². The van der Waals surface area contributed by atoms with Crippen molar-refractivity contribution in [2.45, 2.75) is 29.1 Å². The molecule has 0 aromatic heterocycles. The van der Waals surface area contributed by atoms with Gasteiger partial charge in [0, 0.05) is 18.8 Å². The Hall–Kier alpha value is -2.04. The van der Waals surface area contributed by atoms with Gasteiger partial charge in [0.15, 0.2) is 4.90 Å². The van der Waals surface area contributed by atoms with Crippen LogP contribution in [0.15, 0.2) is 52.3 Å². The first-order valence-electron chi connectivity index (χ1n) is 8.29. The molecule has 2 aromatic carbocycles. The normalized spacial score (nSPS) is 16.2. The smallest absolute Gasteiger partial charge is 0.267 e. The van der Waals surface area contributed by atoms with Gasteiger partial charge in [0.05, 0.1) is 4.90 Å². The van der Waals surface area contributed by atoms with E-state index < -0.39 is 36.6 Å². The Kier molecular flexibility index (Phi) is 5.50. The summed E-state index contributed by atoms with van der Waals surface area (Å²) in [5, 5.41) is 0. The summed E-state index contributed by atoms with van der Waals surface area (Å²) in [6.45, 7) is 0.895. The fourth-order valence-electron chi connectivity index (χ4n) is 2.89. The maximum atomic E-state index is 13.7. The fourth-order valence-corrected chi connectivity index (χ4v) is 5.61. The third-order valence-corrected chi connectivity index (χ3v) is 7.59. The molecular weight excluding hydrogens is 398 g/mol. The highest BCUT2D eigenvalue weighted by atomic mass is 32.2. The van der Waals surface area contributed by atoms with Gasteiger partial charge in [0.2, 0.25) is 10.0 Å². The standard InChI is InChI=1S/C17H18F2N2O4S2/c18-15-5-4-6-16(19)17(15)26(22,23)20-13-7-9-14(10-8-13)27(24,25)21-11-2-1-3-12-21/h4-10,20H,1-3,11-12H2. The Morgan fingerprint density at radius 2 is 1.37 bits per heavy atom. The van der Waals surface area contributed by atoms with Gasteiger partial charge in [0.25, 0.3) is 10.0 Å². The minimum atomic E-state index is -4.50. The molecule has 27 heavy (non-hydrogen) atoms. The first-order valence-corrected chi connectivity index (χ1v) is 11.2. The molecule has 0 unspecified atom stereocenters. The number of hydrogen-bond donors (Lipinski definition) is 1. The molecule has 0 spiro atoms. The molecule has 0 aliphatic carbocycles. The Balaban J connectivity index is 1.84. The van der Waals surface area contributed by atoms with E-state index >= 15 is 0 Å². The average molecular weight is 416 g/mol. The predicted octanol–water partition coefficient (Wildman–Crippen LogP) is 2.94. The molecule has 146 valence electrons. The van der Waals surface area contributed by atoms with E-state index in [9.17, 15) is 25.6 Å². The van der Waals surface area contributed by atoms with Gasteiger partial charge in [-0.25, -0.2) is 25.6 Å². The number of sulfonamides is 2. The van der Waals surface area contributed by atoms with Crippen molar-refractivity contribution >= 4 is 25.7 Å². The molecule has 1 saturated heterocycles. The molecule has 6 nitrogen and oxygen atoms in total. The molecule has 0 radical (unpaired) electrons. The molecule has 10 heteroatoms. The van der Waals surface area contributed by atoms with Gasteiger partial charge in [-0.05, 0) is 49.2 Å². The lowest BCUT2D eigenvalue weighted by Crippen LogP contribution is -2.35. The highest BCUT2D eigenvalue weighted by molar-refractivity contribution is 7.92. The van der Waals surface area contributed by atoms with Crippen molar-refractivity contribution in [3.05, 3.63) is 54.1 Å². The van der Waals surface area contributed by atoms with Gasteiger partial charge in [-0.15, -0.1) is 0 Å². The topological polar surface area (TPSA) is 83.5 Å². The first kappa shape index (κ1) is 19.7. The molecule has 0 bridgehead atoms. The summed E-state index contributed by atoms with van der Waals surface area (Å²) in [6, 6.07) is 7.75. The minimum Gasteiger partial charge on any atom is -0.279 e. The summed E-state index contributed by atoms with van der Waals surface area (Å²) in [5.41, 5.74) is -0.00440. The Morgan fingerprint density at radius 1 is 0.815 bits per heavy atom. The second-order valence-electron chi connectivity index (χ2n) is 6.15. The highest BCUT2D eigenvalue weighted by Gasteiger charge is 2.27. The number of halogens is 2. The zero-order chi connectivity index (χ0) is 19.7. The number of benzene rings is 2. The van der Waals surface area contributed by atoms with E-state index in [4.69, 9.17) is 0 Å². The van der Waals surface area contributed by atoms with Crippen molar-refractivity contribution in [3.63, 3.8) is 0 Å². The lowest BCUT2D eigenvalue weighted by atomic mass is 10.2. The zero-order valence-corrected chi connectivity index (χ0v) is 15.9. The monoisotopic (exact) mass is 416 g/mol. The number of hydrogen-bond acceptors (Lipinski definition) is 4. The summed E-state index contributed by atoms with van der Waals surface area (Å²) in [5.74, 6) is -2.43. The summed E-state index contributed by atoms with van der Waals surface area (Å²) >= 11 is 0. The molecule has 1 aliphatic rings. The van der Waals surface area contributed by atoms with Crippen LogP contribution >= 0.6 is 0 Å². The number of anilines is 1. The molecule has 2 aromatic rings. The largest absolute Gasteiger partial charge is 0.279 e. The van der Waals surface area contributed by atoms with Crippen LogP contribution in [0.2, 0.25) is 0 Å². The lowest BCUT2D eigenvalue weighted by Gasteiger charge is -2.25. The number of rotatable bonds is 5. The van der Waals surface area contributed by atoms with E-state index in [0.29, 0.717) is 13.1 Å². The van der Waals surface area contributed by atoms with Crippen LogP contribution < -0.4 is 4.72 Å². The van der Waals surface area contributed by atoms with Crippen molar-refractivity contribution in [1.82, 2.24) is 4.31 Å². The van der Waals surface area contributed by atoms with Crippen LogP contribution in [-0.2, 0) is 20.0 Å². The van der Waals surface area contributed by atoms with Gasteiger partial charge in [-0.1, -0.05) is 12.5 Å². The number of nitrogens with zero attached hydrogens (tertiary/aromatic N) is 1. The first-order chi connectivity index (χ1) is 12.7. The van der Waals surface area contributed by atoms with Gasteiger partial charge in [-0.3, -0.25) is 4.72 Å². The van der Waals surface area contributed by atoms with Crippen molar-refractivity contribution in [2.24, 2.45) is 0 Å². The molecule has 3 rings (SSSR count). The molecule has 0 saturated carbocycles. The third-order valence-electron chi connectivity index (χ3n) is 4.25. The summed E-state index contributed by atoms with van der Waals surface area (Å²) in [4.78, 5) is -1.06. The van der Waals surface area contributed by atoms with Crippen LogP contribution in [0.3, 0.4) is 0 Å².